The second-order valence-electron chi connectivity index (χ2n) is 3.33. The third-order valence-corrected chi connectivity index (χ3v) is 2.02. The maximum atomic E-state index is 10.5. The van der Waals surface area contributed by atoms with Gasteiger partial charge in [0.1, 0.15) is 6.29 Å². The van der Waals surface area contributed by atoms with E-state index >= 15 is 0 Å². The van der Waals surface area contributed by atoms with Crippen molar-refractivity contribution in [3.05, 3.63) is 0 Å². The van der Waals surface area contributed by atoms with Gasteiger partial charge in [-0.3, -0.25) is 0 Å². The summed E-state index contributed by atoms with van der Waals surface area (Å²) in [6.07, 6.45) is 4.19. The van der Waals surface area contributed by atoms with Crippen molar-refractivity contribution >= 4 is 6.29 Å². The van der Waals surface area contributed by atoms with Gasteiger partial charge >= 0.3 is 0 Å². The number of rotatable bonds is 6. The van der Waals surface area contributed by atoms with Crippen molar-refractivity contribution in [3.63, 3.8) is 0 Å². The maximum Gasteiger partial charge on any atom is 0.123 e. The molecule has 0 aliphatic carbocycles. The molecule has 0 saturated heterocycles. The lowest BCUT2D eigenvalue weighted by Crippen LogP contribution is -2.10. The number of carbonyl (C=O) groups is 1. The molecule has 0 aliphatic rings. The summed E-state index contributed by atoms with van der Waals surface area (Å²) < 4.78 is 0. The molecule has 2 nitrogen and oxygen atoms in total. The zero-order valence-electron chi connectivity index (χ0n) is 7.55. The number of carbonyl (C=O) groups excluding carboxylic acids is 1. The second kappa shape index (κ2) is 6.35. The Morgan fingerprint density at radius 2 is 2.00 bits per heavy atom. The second-order valence-corrected chi connectivity index (χ2v) is 3.33. The lowest BCUT2D eigenvalue weighted by atomic mass is 9.92. The molecule has 0 heterocycles. The van der Waals surface area contributed by atoms with Crippen LogP contribution in [0.15, 0.2) is 0 Å². The van der Waals surface area contributed by atoms with E-state index in [-0.39, 0.29) is 5.92 Å². The molecule has 1 unspecified atom stereocenters. The fourth-order valence-corrected chi connectivity index (χ4v) is 1.08. The molecule has 0 saturated carbocycles. The SMILES string of the molecule is CC(C)C(C=O)CCCCN. The van der Waals surface area contributed by atoms with E-state index in [1.165, 1.54) is 0 Å². The first-order valence-electron chi connectivity index (χ1n) is 4.37. The fraction of sp³-hybridized carbons (Fsp3) is 0.889. The zero-order chi connectivity index (χ0) is 8.69. The minimum absolute atomic E-state index is 0.238. The zero-order valence-corrected chi connectivity index (χ0v) is 7.55. The Labute approximate surface area is 69.2 Å². The van der Waals surface area contributed by atoms with E-state index in [9.17, 15) is 4.79 Å². The van der Waals surface area contributed by atoms with E-state index in [1.807, 2.05) is 0 Å². The Balaban J connectivity index is 3.44. The normalized spacial score (nSPS) is 13.5. The highest BCUT2D eigenvalue weighted by molar-refractivity contribution is 5.53. The van der Waals surface area contributed by atoms with Crippen molar-refractivity contribution in [1.29, 1.82) is 0 Å². The largest absolute Gasteiger partial charge is 0.330 e. The van der Waals surface area contributed by atoms with Crippen LogP contribution in [0.1, 0.15) is 33.1 Å². The average molecular weight is 157 g/mol. The summed E-state index contributed by atoms with van der Waals surface area (Å²) in [6.45, 7) is 4.91. The standard InChI is InChI=1S/C9H19NO/c1-8(2)9(7-11)5-3-4-6-10/h7-9H,3-6,10H2,1-2H3. The Bertz CT molecular complexity index is 102. The fourth-order valence-electron chi connectivity index (χ4n) is 1.08. The van der Waals surface area contributed by atoms with E-state index in [4.69, 9.17) is 5.73 Å². The topological polar surface area (TPSA) is 43.1 Å². The van der Waals surface area contributed by atoms with Gasteiger partial charge in [-0.2, -0.15) is 0 Å². The Kier molecular flexibility index (Phi) is 6.13. The van der Waals surface area contributed by atoms with E-state index in [2.05, 4.69) is 13.8 Å². The van der Waals surface area contributed by atoms with E-state index < -0.39 is 0 Å². The van der Waals surface area contributed by atoms with Gasteiger partial charge in [0.2, 0.25) is 0 Å². The van der Waals surface area contributed by atoms with Crippen LogP contribution in [0.25, 0.3) is 0 Å². The molecule has 11 heavy (non-hydrogen) atoms. The number of hydrogen-bond acceptors (Lipinski definition) is 2. The van der Waals surface area contributed by atoms with Crippen molar-refractivity contribution in [2.45, 2.75) is 33.1 Å². The molecule has 0 bridgehead atoms. The highest BCUT2D eigenvalue weighted by atomic mass is 16.1. The first-order chi connectivity index (χ1) is 5.22. The van der Waals surface area contributed by atoms with Crippen molar-refractivity contribution in [3.8, 4) is 0 Å². The Morgan fingerprint density at radius 1 is 1.36 bits per heavy atom. The molecule has 0 aromatic heterocycles. The van der Waals surface area contributed by atoms with Gasteiger partial charge in [0, 0.05) is 5.92 Å². The van der Waals surface area contributed by atoms with Gasteiger partial charge in [0.05, 0.1) is 0 Å². The van der Waals surface area contributed by atoms with E-state index in [0.717, 1.165) is 32.1 Å². The summed E-state index contributed by atoms with van der Waals surface area (Å²) >= 11 is 0. The lowest BCUT2D eigenvalue weighted by Gasteiger charge is -2.12. The van der Waals surface area contributed by atoms with Crippen molar-refractivity contribution in [1.82, 2.24) is 0 Å². The summed E-state index contributed by atoms with van der Waals surface area (Å²) in [5, 5.41) is 0. The molecule has 66 valence electrons. The van der Waals surface area contributed by atoms with Crippen molar-refractivity contribution in [2.24, 2.45) is 17.6 Å². The molecule has 2 heteroatoms. The maximum absolute atomic E-state index is 10.5. The highest BCUT2D eigenvalue weighted by Crippen LogP contribution is 2.14. The molecule has 0 spiro atoms. The Hall–Kier alpha value is -0.370. The van der Waals surface area contributed by atoms with Crippen LogP contribution in [0, 0.1) is 11.8 Å². The highest BCUT2D eigenvalue weighted by Gasteiger charge is 2.10. The molecule has 0 amide bonds. The molecule has 0 rings (SSSR count). The molecule has 0 aromatic carbocycles. The van der Waals surface area contributed by atoms with Crippen LogP contribution in [-0.4, -0.2) is 12.8 Å². The molecule has 0 aliphatic heterocycles. The van der Waals surface area contributed by atoms with E-state index in [1.54, 1.807) is 0 Å². The summed E-state index contributed by atoms with van der Waals surface area (Å²) in [5.74, 6) is 0.715. The summed E-state index contributed by atoms with van der Waals surface area (Å²) in [6, 6.07) is 0. The number of nitrogens with two attached hydrogens (primary N) is 1. The van der Waals surface area contributed by atoms with Gasteiger partial charge in [-0.15, -0.1) is 0 Å². The average Bonchev–Trinajstić information content (AvgIpc) is 1.97. The third-order valence-electron chi connectivity index (χ3n) is 2.02. The monoisotopic (exact) mass is 157 g/mol. The number of unbranched alkanes of at least 4 members (excludes halogenated alkanes) is 1. The molecular formula is C9H19NO. The Morgan fingerprint density at radius 3 is 2.36 bits per heavy atom. The minimum Gasteiger partial charge on any atom is -0.330 e. The van der Waals surface area contributed by atoms with Crippen LogP contribution >= 0.6 is 0 Å². The van der Waals surface area contributed by atoms with Gasteiger partial charge in [-0.25, -0.2) is 0 Å². The van der Waals surface area contributed by atoms with Crippen molar-refractivity contribution < 1.29 is 4.79 Å². The predicted molar refractivity (Wildman–Crippen MR) is 47.3 cm³/mol. The first kappa shape index (κ1) is 10.6. The molecule has 2 N–H and O–H groups in total. The van der Waals surface area contributed by atoms with Gasteiger partial charge in [0.25, 0.3) is 0 Å². The van der Waals surface area contributed by atoms with Gasteiger partial charge in [-0.1, -0.05) is 20.3 Å². The van der Waals surface area contributed by atoms with Crippen LogP contribution in [0.3, 0.4) is 0 Å². The first-order valence-corrected chi connectivity index (χ1v) is 4.37. The molecule has 0 aromatic rings. The van der Waals surface area contributed by atoms with Crippen LogP contribution < -0.4 is 5.73 Å². The predicted octanol–water partition coefficient (Wildman–Crippen LogP) is 1.59. The van der Waals surface area contributed by atoms with Crippen LogP contribution in [0.4, 0.5) is 0 Å². The van der Waals surface area contributed by atoms with Crippen LogP contribution in [0.2, 0.25) is 0 Å². The quantitative estimate of drug-likeness (QED) is 0.470. The molecule has 1 atom stereocenters. The van der Waals surface area contributed by atoms with Gasteiger partial charge in [-0.05, 0) is 25.3 Å². The van der Waals surface area contributed by atoms with Gasteiger partial charge < -0.3 is 10.5 Å². The minimum atomic E-state index is 0.238. The molecule has 0 fully saturated rings. The molecular weight excluding hydrogens is 138 g/mol. The van der Waals surface area contributed by atoms with Crippen molar-refractivity contribution in [2.75, 3.05) is 6.54 Å². The summed E-state index contributed by atoms with van der Waals surface area (Å²) in [4.78, 5) is 10.5. The molecule has 0 radical (unpaired) electrons. The van der Waals surface area contributed by atoms with Crippen LogP contribution in [0.5, 0.6) is 0 Å². The smallest absolute Gasteiger partial charge is 0.123 e. The lowest BCUT2D eigenvalue weighted by molar-refractivity contribution is -0.112. The summed E-state index contributed by atoms with van der Waals surface area (Å²) in [7, 11) is 0. The number of hydrogen-bond donors (Lipinski definition) is 1. The van der Waals surface area contributed by atoms with E-state index in [0.29, 0.717) is 5.92 Å². The number of aldehydes is 1. The van der Waals surface area contributed by atoms with Crippen LogP contribution in [-0.2, 0) is 4.79 Å². The third kappa shape index (κ3) is 4.96. The van der Waals surface area contributed by atoms with Gasteiger partial charge in [0.15, 0.2) is 0 Å². The summed E-state index contributed by atoms with van der Waals surface area (Å²) in [5.41, 5.74) is 5.34.